The molecule has 0 amide bonds. The predicted octanol–water partition coefficient (Wildman–Crippen LogP) is 4.86. The fourth-order valence-corrected chi connectivity index (χ4v) is 2.95. The molecule has 0 aliphatic carbocycles. The van der Waals surface area contributed by atoms with Gasteiger partial charge in [-0.2, -0.15) is 0 Å². The number of nitro groups is 1. The van der Waals surface area contributed by atoms with Gasteiger partial charge in [0, 0.05) is 16.7 Å². The molecule has 0 saturated carbocycles. The molecule has 1 aliphatic rings. The Morgan fingerprint density at radius 1 is 1.12 bits per heavy atom. The lowest BCUT2D eigenvalue weighted by Gasteiger charge is -2.23. The Bertz CT molecular complexity index is 792. The SMILES string of the molecule is CC1(c2ccc([N+](=O)[O-])c(Nc3ccc(Cl)cc3Cl)c2)OCCO1. The lowest BCUT2D eigenvalue weighted by Crippen LogP contribution is -2.22. The van der Waals surface area contributed by atoms with Crippen molar-refractivity contribution in [3.63, 3.8) is 0 Å². The molecule has 0 unspecified atom stereocenters. The minimum atomic E-state index is -0.921. The number of anilines is 2. The molecule has 126 valence electrons. The highest BCUT2D eigenvalue weighted by molar-refractivity contribution is 6.36. The number of nitrogens with zero attached hydrogens (tertiary/aromatic N) is 1. The number of hydrogen-bond donors (Lipinski definition) is 1. The van der Waals surface area contributed by atoms with Gasteiger partial charge in [0.15, 0.2) is 5.79 Å². The van der Waals surface area contributed by atoms with E-state index in [2.05, 4.69) is 5.32 Å². The third-order valence-corrected chi connectivity index (χ3v) is 4.30. The summed E-state index contributed by atoms with van der Waals surface area (Å²) < 4.78 is 11.2. The number of benzene rings is 2. The zero-order valence-electron chi connectivity index (χ0n) is 12.7. The Hall–Kier alpha value is -1.86. The summed E-state index contributed by atoms with van der Waals surface area (Å²) in [5.74, 6) is -0.921. The third-order valence-electron chi connectivity index (χ3n) is 3.76. The van der Waals surface area contributed by atoms with Crippen LogP contribution in [0.2, 0.25) is 10.0 Å². The minimum absolute atomic E-state index is 0.0774. The summed E-state index contributed by atoms with van der Waals surface area (Å²) in [5.41, 5.74) is 1.41. The molecule has 24 heavy (non-hydrogen) atoms. The van der Waals surface area contributed by atoms with Gasteiger partial charge in [-0.3, -0.25) is 10.1 Å². The topological polar surface area (TPSA) is 73.6 Å². The smallest absolute Gasteiger partial charge is 0.292 e. The van der Waals surface area contributed by atoms with Gasteiger partial charge in [-0.15, -0.1) is 0 Å². The van der Waals surface area contributed by atoms with E-state index in [-0.39, 0.29) is 5.69 Å². The summed E-state index contributed by atoms with van der Waals surface area (Å²) in [4.78, 5) is 10.8. The summed E-state index contributed by atoms with van der Waals surface area (Å²) in [7, 11) is 0. The van der Waals surface area contributed by atoms with Gasteiger partial charge >= 0.3 is 0 Å². The van der Waals surface area contributed by atoms with Crippen LogP contribution in [0.5, 0.6) is 0 Å². The highest BCUT2D eigenvalue weighted by Gasteiger charge is 2.34. The summed E-state index contributed by atoms with van der Waals surface area (Å²) in [6.45, 7) is 2.72. The number of ether oxygens (including phenoxy) is 2. The third kappa shape index (κ3) is 3.32. The number of nitro benzene ring substituents is 1. The van der Waals surface area contributed by atoms with Crippen LogP contribution in [0.1, 0.15) is 12.5 Å². The lowest BCUT2D eigenvalue weighted by molar-refractivity contribution is -0.384. The fourth-order valence-electron chi connectivity index (χ4n) is 2.49. The Morgan fingerprint density at radius 3 is 2.46 bits per heavy atom. The average molecular weight is 369 g/mol. The van der Waals surface area contributed by atoms with Crippen LogP contribution in [0, 0.1) is 10.1 Å². The predicted molar refractivity (Wildman–Crippen MR) is 92.1 cm³/mol. The zero-order chi connectivity index (χ0) is 17.3. The van der Waals surface area contributed by atoms with E-state index in [0.717, 1.165) is 0 Å². The van der Waals surface area contributed by atoms with Crippen molar-refractivity contribution >= 4 is 40.3 Å². The molecule has 3 rings (SSSR count). The molecule has 0 radical (unpaired) electrons. The van der Waals surface area contributed by atoms with E-state index in [0.29, 0.717) is 40.2 Å². The zero-order valence-corrected chi connectivity index (χ0v) is 14.2. The van der Waals surface area contributed by atoms with E-state index < -0.39 is 10.7 Å². The molecule has 6 nitrogen and oxygen atoms in total. The maximum atomic E-state index is 11.3. The van der Waals surface area contributed by atoms with Gasteiger partial charge in [0.05, 0.1) is 28.8 Å². The summed E-state index contributed by atoms with van der Waals surface area (Å²) in [6, 6.07) is 9.54. The molecular weight excluding hydrogens is 355 g/mol. The second kappa shape index (κ2) is 6.57. The largest absolute Gasteiger partial charge is 0.349 e. The first-order chi connectivity index (χ1) is 11.4. The maximum absolute atomic E-state index is 11.3. The van der Waals surface area contributed by atoms with Crippen LogP contribution in [0.15, 0.2) is 36.4 Å². The molecule has 2 aromatic rings. The van der Waals surface area contributed by atoms with Crippen LogP contribution >= 0.6 is 23.2 Å². The van der Waals surface area contributed by atoms with Gasteiger partial charge in [-0.25, -0.2) is 0 Å². The van der Waals surface area contributed by atoms with Crippen molar-refractivity contribution in [3.8, 4) is 0 Å². The molecule has 0 bridgehead atoms. The molecule has 8 heteroatoms. The quantitative estimate of drug-likeness (QED) is 0.615. The van der Waals surface area contributed by atoms with Crippen LogP contribution < -0.4 is 5.32 Å². The van der Waals surface area contributed by atoms with E-state index in [9.17, 15) is 10.1 Å². The van der Waals surface area contributed by atoms with Crippen LogP contribution in [0.25, 0.3) is 0 Å². The van der Waals surface area contributed by atoms with Crippen molar-refractivity contribution in [3.05, 3.63) is 62.1 Å². The number of nitrogens with one attached hydrogen (secondary N) is 1. The van der Waals surface area contributed by atoms with Gasteiger partial charge in [-0.1, -0.05) is 23.2 Å². The average Bonchev–Trinajstić information content (AvgIpc) is 2.98. The first kappa shape index (κ1) is 17.0. The summed E-state index contributed by atoms with van der Waals surface area (Å²) in [5, 5.41) is 15.1. The van der Waals surface area contributed by atoms with Crippen LogP contribution in [-0.2, 0) is 15.3 Å². The summed E-state index contributed by atoms with van der Waals surface area (Å²) in [6.07, 6.45) is 0. The molecule has 1 N–H and O–H groups in total. The molecule has 0 aromatic heterocycles. The number of hydrogen-bond acceptors (Lipinski definition) is 5. The van der Waals surface area contributed by atoms with Gasteiger partial charge in [0.1, 0.15) is 5.69 Å². The Morgan fingerprint density at radius 2 is 1.83 bits per heavy atom. The van der Waals surface area contributed by atoms with E-state index in [1.54, 1.807) is 37.3 Å². The second-order valence-electron chi connectivity index (χ2n) is 5.38. The van der Waals surface area contributed by atoms with Crippen molar-refractivity contribution in [2.45, 2.75) is 12.7 Å². The van der Waals surface area contributed by atoms with Crippen molar-refractivity contribution in [1.29, 1.82) is 0 Å². The van der Waals surface area contributed by atoms with E-state index in [1.165, 1.54) is 6.07 Å². The molecule has 0 spiro atoms. The van der Waals surface area contributed by atoms with Gasteiger partial charge in [0.2, 0.25) is 0 Å². The Balaban J connectivity index is 2.02. The van der Waals surface area contributed by atoms with E-state index in [1.807, 2.05) is 0 Å². The first-order valence-electron chi connectivity index (χ1n) is 7.18. The lowest BCUT2D eigenvalue weighted by atomic mass is 10.1. The monoisotopic (exact) mass is 368 g/mol. The van der Waals surface area contributed by atoms with Gasteiger partial charge < -0.3 is 14.8 Å². The van der Waals surface area contributed by atoms with Crippen LogP contribution in [0.3, 0.4) is 0 Å². The van der Waals surface area contributed by atoms with Crippen LogP contribution in [-0.4, -0.2) is 18.1 Å². The van der Waals surface area contributed by atoms with Gasteiger partial charge in [-0.05, 0) is 37.3 Å². The number of rotatable bonds is 4. The standard InChI is InChI=1S/C16H14Cl2N2O4/c1-16(23-6-7-24-16)10-2-5-15(20(21)22)14(8-10)19-13-4-3-11(17)9-12(13)18/h2-5,8-9,19H,6-7H2,1H3. The van der Waals surface area contributed by atoms with Crippen molar-refractivity contribution < 1.29 is 14.4 Å². The highest BCUT2D eigenvalue weighted by atomic mass is 35.5. The summed E-state index contributed by atoms with van der Waals surface area (Å²) >= 11 is 12.0. The van der Waals surface area contributed by atoms with Crippen molar-refractivity contribution in [1.82, 2.24) is 0 Å². The Labute approximate surface area is 148 Å². The molecule has 1 aliphatic heterocycles. The van der Waals surface area contributed by atoms with Crippen molar-refractivity contribution in [2.24, 2.45) is 0 Å². The molecule has 1 saturated heterocycles. The minimum Gasteiger partial charge on any atom is -0.349 e. The Kier molecular flexibility index (Phi) is 4.64. The molecule has 2 aromatic carbocycles. The van der Waals surface area contributed by atoms with Crippen LogP contribution in [0.4, 0.5) is 17.1 Å². The highest BCUT2D eigenvalue weighted by Crippen LogP contribution is 2.38. The van der Waals surface area contributed by atoms with Crippen molar-refractivity contribution in [2.75, 3.05) is 18.5 Å². The van der Waals surface area contributed by atoms with E-state index in [4.69, 9.17) is 32.7 Å². The molecule has 0 atom stereocenters. The first-order valence-corrected chi connectivity index (χ1v) is 7.93. The maximum Gasteiger partial charge on any atom is 0.292 e. The fraction of sp³-hybridized carbons (Fsp3) is 0.250. The second-order valence-corrected chi connectivity index (χ2v) is 6.22. The normalized spacial score (nSPS) is 16.1. The molecular formula is C16H14Cl2N2O4. The molecule has 1 heterocycles. The number of halogens is 2. The molecule has 1 fully saturated rings. The van der Waals surface area contributed by atoms with Gasteiger partial charge in [0.25, 0.3) is 5.69 Å². The van der Waals surface area contributed by atoms with E-state index >= 15 is 0 Å².